The number of carbonyl (C=O) groups is 2. The predicted molar refractivity (Wildman–Crippen MR) is 104 cm³/mol. The number of benzene rings is 2. The van der Waals surface area contributed by atoms with E-state index >= 15 is 0 Å². The van der Waals surface area contributed by atoms with Crippen LogP contribution in [0.15, 0.2) is 65.3 Å². The van der Waals surface area contributed by atoms with Crippen molar-refractivity contribution in [3.8, 4) is 5.75 Å². The first-order chi connectivity index (χ1) is 14.2. The molecule has 1 aromatic heterocycles. The van der Waals surface area contributed by atoms with Crippen LogP contribution in [0.5, 0.6) is 5.75 Å². The van der Waals surface area contributed by atoms with Crippen molar-refractivity contribution in [1.29, 1.82) is 0 Å². The van der Waals surface area contributed by atoms with E-state index in [-0.39, 0.29) is 11.4 Å². The molecule has 0 atom stereocenters. The van der Waals surface area contributed by atoms with Gasteiger partial charge in [-0.2, -0.15) is 13.2 Å². The summed E-state index contributed by atoms with van der Waals surface area (Å²) in [5.41, 5.74) is -1.72. The molecule has 2 N–H and O–H groups in total. The number of alkyl halides is 3. The third kappa shape index (κ3) is 5.54. The van der Waals surface area contributed by atoms with Crippen LogP contribution in [0, 0.1) is 0 Å². The van der Waals surface area contributed by atoms with E-state index in [2.05, 4.69) is 10.6 Å². The van der Waals surface area contributed by atoms with Crippen molar-refractivity contribution in [2.24, 2.45) is 0 Å². The number of halogens is 4. The lowest BCUT2D eigenvalue weighted by Crippen LogP contribution is -2.22. The van der Waals surface area contributed by atoms with Gasteiger partial charge in [-0.25, -0.2) is 0 Å². The van der Waals surface area contributed by atoms with Gasteiger partial charge in [0.2, 0.25) is 0 Å². The Balaban J connectivity index is 1.72. The monoisotopic (exact) mass is 438 g/mol. The van der Waals surface area contributed by atoms with E-state index in [4.69, 9.17) is 20.8 Å². The second-order valence-electron chi connectivity index (χ2n) is 5.98. The van der Waals surface area contributed by atoms with Crippen LogP contribution in [0.25, 0.3) is 0 Å². The van der Waals surface area contributed by atoms with Gasteiger partial charge in [-0.1, -0.05) is 17.7 Å². The molecule has 0 unspecified atom stereocenters. The number of carbonyl (C=O) groups excluding carboxylic acids is 2. The summed E-state index contributed by atoms with van der Waals surface area (Å²) in [7, 11) is 0. The summed E-state index contributed by atoms with van der Waals surface area (Å²) in [5, 5.41) is 4.86. The van der Waals surface area contributed by atoms with Gasteiger partial charge >= 0.3 is 6.18 Å². The molecule has 30 heavy (non-hydrogen) atoms. The maximum Gasteiger partial charge on any atom is 0.418 e. The Morgan fingerprint density at radius 1 is 1.03 bits per heavy atom. The minimum absolute atomic E-state index is 0.0564. The molecule has 0 bridgehead atoms. The molecule has 1 heterocycles. The van der Waals surface area contributed by atoms with Crippen LogP contribution >= 0.6 is 11.6 Å². The zero-order chi connectivity index (χ0) is 21.7. The van der Waals surface area contributed by atoms with Crippen LogP contribution < -0.4 is 15.4 Å². The van der Waals surface area contributed by atoms with Crippen molar-refractivity contribution in [1.82, 2.24) is 0 Å². The van der Waals surface area contributed by atoms with Gasteiger partial charge in [-0.15, -0.1) is 0 Å². The summed E-state index contributed by atoms with van der Waals surface area (Å²) in [6, 6.07) is 12.1. The molecule has 3 aromatic rings. The number of anilines is 2. The molecule has 10 heteroatoms. The van der Waals surface area contributed by atoms with Gasteiger partial charge in [0.15, 0.2) is 12.4 Å². The smallest absolute Gasteiger partial charge is 0.418 e. The standard InChI is InChI=1S/C20H14ClF3N2O4/c21-12-3-1-4-14(9-12)30-11-18(27)26-16-7-6-13(10-15(16)20(22,23)24)25-19(28)17-5-2-8-29-17/h1-10H,11H2,(H,25,28)(H,26,27). The predicted octanol–water partition coefficient (Wildman–Crippen LogP) is 5.22. The maximum absolute atomic E-state index is 13.5. The molecule has 0 saturated heterocycles. The van der Waals surface area contributed by atoms with E-state index in [0.717, 1.165) is 6.07 Å². The average Bonchev–Trinajstić information content (AvgIpc) is 3.22. The van der Waals surface area contributed by atoms with Crippen LogP contribution in [-0.4, -0.2) is 18.4 Å². The molecule has 0 fully saturated rings. The Morgan fingerprint density at radius 3 is 2.50 bits per heavy atom. The average molecular weight is 439 g/mol. The Labute approximate surface area is 173 Å². The highest BCUT2D eigenvalue weighted by atomic mass is 35.5. The Morgan fingerprint density at radius 2 is 1.83 bits per heavy atom. The van der Waals surface area contributed by atoms with Crippen LogP contribution in [0.3, 0.4) is 0 Å². The van der Waals surface area contributed by atoms with Crippen molar-refractivity contribution in [3.63, 3.8) is 0 Å². The summed E-state index contributed by atoms with van der Waals surface area (Å²) in [5.74, 6) is -1.27. The van der Waals surface area contributed by atoms with Crippen LogP contribution in [0.2, 0.25) is 5.02 Å². The summed E-state index contributed by atoms with van der Waals surface area (Å²) in [4.78, 5) is 24.0. The summed E-state index contributed by atoms with van der Waals surface area (Å²) >= 11 is 5.80. The molecule has 0 saturated carbocycles. The zero-order valence-corrected chi connectivity index (χ0v) is 15.9. The molecular weight excluding hydrogens is 425 g/mol. The van der Waals surface area contributed by atoms with Gasteiger partial charge in [-0.05, 0) is 48.5 Å². The second-order valence-corrected chi connectivity index (χ2v) is 6.42. The number of hydrogen-bond donors (Lipinski definition) is 2. The van der Waals surface area contributed by atoms with Crippen molar-refractivity contribution in [2.75, 3.05) is 17.2 Å². The molecule has 0 aliphatic carbocycles. The number of rotatable bonds is 6. The first-order valence-electron chi connectivity index (χ1n) is 8.47. The molecule has 0 aliphatic rings. The molecule has 2 amide bonds. The van der Waals surface area contributed by atoms with E-state index in [1.807, 2.05) is 0 Å². The Bertz CT molecular complexity index is 1050. The number of ether oxygens (including phenoxy) is 1. The second kappa shape index (κ2) is 8.91. The molecule has 3 rings (SSSR count). The van der Waals surface area contributed by atoms with E-state index in [0.29, 0.717) is 16.8 Å². The van der Waals surface area contributed by atoms with E-state index in [9.17, 15) is 22.8 Å². The normalized spacial score (nSPS) is 11.1. The van der Waals surface area contributed by atoms with E-state index < -0.39 is 35.8 Å². The molecule has 0 spiro atoms. The van der Waals surface area contributed by atoms with Crippen LogP contribution in [0.4, 0.5) is 24.5 Å². The fraction of sp³-hybridized carbons (Fsp3) is 0.100. The van der Waals surface area contributed by atoms with E-state index in [1.54, 1.807) is 18.2 Å². The largest absolute Gasteiger partial charge is 0.484 e. The SMILES string of the molecule is O=C(COc1cccc(Cl)c1)Nc1ccc(NC(=O)c2ccco2)cc1C(F)(F)F. The molecule has 2 aromatic carbocycles. The first kappa shape index (κ1) is 21.3. The number of furan rings is 1. The van der Waals surface area contributed by atoms with Gasteiger partial charge in [0.05, 0.1) is 17.5 Å². The quantitative estimate of drug-likeness (QED) is 0.553. The van der Waals surface area contributed by atoms with Gasteiger partial charge < -0.3 is 19.8 Å². The minimum atomic E-state index is -4.78. The zero-order valence-electron chi connectivity index (χ0n) is 15.1. The lowest BCUT2D eigenvalue weighted by Gasteiger charge is -2.16. The third-order valence-electron chi connectivity index (χ3n) is 3.77. The lowest BCUT2D eigenvalue weighted by atomic mass is 10.1. The number of hydrogen-bond acceptors (Lipinski definition) is 4. The highest BCUT2D eigenvalue weighted by Gasteiger charge is 2.34. The summed E-state index contributed by atoms with van der Waals surface area (Å²) < 4.78 is 50.5. The fourth-order valence-corrected chi connectivity index (χ4v) is 2.64. The van der Waals surface area contributed by atoms with Crippen molar-refractivity contribution < 1.29 is 31.9 Å². The van der Waals surface area contributed by atoms with E-state index in [1.165, 1.54) is 30.5 Å². The maximum atomic E-state index is 13.5. The molecule has 6 nitrogen and oxygen atoms in total. The molecular formula is C20H14ClF3N2O4. The lowest BCUT2D eigenvalue weighted by molar-refractivity contribution is -0.137. The highest BCUT2D eigenvalue weighted by molar-refractivity contribution is 6.30. The van der Waals surface area contributed by atoms with Gasteiger partial charge in [0.25, 0.3) is 11.8 Å². The van der Waals surface area contributed by atoms with Crippen LogP contribution in [0.1, 0.15) is 16.1 Å². The summed E-state index contributed by atoms with van der Waals surface area (Å²) in [6.07, 6.45) is -3.51. The third-order valence-corrected chi connectivity index (χ3v) is 4.00. The van der Waals surface area contributed by atoms with Crippen LogP contribution in [-0.2, 0) is 11.0 Å². The summed E-state index contributed by atoms with van der Waals surface area (Å²) in [6.45, 7) is -0.519. The molecule has 156 valence electrons. The fourth-order valence-electron chi connectivity index (χ4n) is 2.46. The Kier molecular flexibility index (Phi) is 6.31. The molecule has 0 radical (unpaired) electrons. The van der Waals surface area contributed by atoms with Gasteiger partial charge in [0.1, 0.15) is 5.75 Å². The van der Waals surface area contributed by atoms with Crippen molar-refractivity contribution in [2.45, 2.75) is 6.18 Å². The van der Waals surface area contributed by atoms with Crippen molar-refractivity contribution >= 4 is 34.8 Å². The topological polar surface area (TPSA) is 80.6 Å². The molecule has 0 aliphatic heterocycles. The first-order valence-corrected chi connectivity index (χ1v) is 8.84. The van der Waals surface area contributed by atoms with Crippen molar-refractivity contribution in [3.05, 3.63) is 77.2 Å². The highest BCUT2D eigenvalue weighted by Crippen LogP contribution is 2.36. The van der Waals surface area contributed by atoms with Gasteiger partial charge in [-0.3, -0.25) is 9.59 Å². The minimum Gasteiger partial charge on any atom is -0.484 e. The van der Waals surface area contributed by atoms with Gasteiger partial charge in [0, 0.05) is 10.7 Å². The Hall–Kier alpha value is -3.46. The number of nitrogens with one attached hydrogen (secondary N) is 2. The number of amides is 2.